The molecule has 0 aliphatic heterocycles. The van der Waals surface area contributed by atoms with Gasteiger partial charge in [0.1, 0.15) is 8.73 Å². The Morgan fingerprint density at radius 1 is 1.30 bits per heavy atom. The molecule has 0 saturated heterocycles. The van der Waals surface area contributed by atoms with Crippen LogP contribution < -0.4 is 5.73 Å². The Hall–Kier alpha value is -0.810. The number of nitrogens with two attached hydrogens (primary N) is 1. The first-order chi connectivity index (χ1) is 9.29. The van der Waals surface area contributed by atoms with Crippen LogP contribution in [0.25, 0.3) is 0 Å². The minimum absolute atomic E-state index is 0.0302. The molecule has 2 heterocycles. The van der Waals surface area contributed by atoms with Gasteiger partial charge < -0.3 is 5.73 Å². The van der Waals surface area contributed by atoms with E-state index in [1.165, 1.54) is 12.1 Å². The molecule has 0 atom stereocenters. The number of alkyl halides is 3. The van der Waals surface area contributed by atoms with E-state index in [2.05, 4.69) is 15.0 Å². The molecule has 0 saturated carbocycles. The molecule has 4 nitrogen and oxygen atoms in total. The molecule has 20 heavy (non-hydrogen) atoms. The van der Waals surface area contributed by atoms with Crippen LogP contribution in [0.5, 0.6) is 0 Å². The third-order valence-electron chi connectivity index (χ3n) is 2.05. The number of nitrogen functional groups attached to an aromatic ring is 1. The maximum Gasteiger partial charge on any atom is 0.434 e. The van der Waals surface area contributed by atoms with Crippen LogP contribution in [0.2, 0.25) is 5.15 Å². The molecule has 0 aliphatic carbocycles. The molecule has 0 fully saturated rings. The largest absolute Gasteiger partial charge is 0.434 e. The summed E-state index contributed by atoms with van der Waals surface area (Å²) in [6.45, 7) is 0. The van der Waals surface area contributed by atoms with Gasteiger partial charge in [-0.05, 0) is 34.7 Å². The Balaban J connectivity index is 2.43. The van der Waals surface area contributed by atoms with E-state index in [0.29, 0.717) is 3.70 Å². The second-order valence-electron chi connectivity index (χ2n) is 3.45. The molecule has 2 aromatic rings. The minimum atomic E-state index is -4.55. The summed E-state index contributed by atoms with van der Waals surface area (Å²) in [5, 5.41) is 0.256. The van der Waals surface area contributed by atoms with Crippen molar-refractivity contribution in [2.24, 2.45) is 0 Å². The van der Waals surface area contributed by atoms with E-state index >= 15 is 0 Å². The van der Waals surface area contributed by atoms with Gasteiger partial charge in [0.25, 0.3) is 0 Å². The number of hydrogen-bond acceptors (Lipinski definition) is 5. The van der Waals surface area contributed by atoms with E-state index < -0.39 is 11.9 Å². The zero-order valence-electron chi connectivity index (χ0n) is 9.45. The summed E-state index contributed by atoms with van der Waals surface area (Å²) in [5.74, 6) is -0.0302. The van der Waals surface area contributed by atoms with E-state index in [1.807, 2.05) is 22.6 Å². The summed E-state index contributed by atoms with van der Waals surface area (Å²) in [7, 11) is 0. The zero-order chi connectivity index (χ0) is 14.9. The van der Waals surface area contributed by atoms with E-state index in [4.69, 9.17) is 17.3 Å². The fraction of sp³-hybridized carbons (Fsp3) is 0.100. The van der Waals surface area contributed by atoms with Crippen molar-refractivity contribution in [3.05, 3.63) is 32.9 Å². The van der Waals surface area contributed by atoms with Crippen LogP contribution in [0.4, 0.5) is 19.0 Å². The van der Waals surface area contributed by atoms with Gasteiger partial charge in [0, 0.05) is 11.1 Å². The van der Waals surface area contributed by atoms with E-state index in [1.54, 1.807) is 0 Å². The molecule has 2 aromatic heterocycles. The second kappa shape index (κ2) is 5.90. The highest BCUT2D eigenvalue weighted by Crippen LogP contribution is 2.39. The average Bonchev–Trinajstić information content (AvgIpc) is 2.35. The Morgan fingerprint density at radius 2 is 2.00 bits per heavy atom. The fourth-order valence-electron chi connectivity index (χ4n) is 1.26. The van der Waals surface area contributed by atoms with Gasteiger partial charge in [-0.25, -0.2) is 9.97 Å². The van der Waals surface area contributed by atoms with E-state index in [0.717, 1.165) is 18.0 Å². The normalized spacial score (nSPS) is 11.7. The lowest BCUT2D eigenvalue weighted by Gasteiger charge is -2.11. The zero-order valence-corrected chi connectivity index (χ0v) is 13.2. The van der Waals surface area contributed by atoms with Gasteiger partial charge >= 0.3 is 6.18 Å². The van der Waals surface area contributed by atoms with Gasteiger partial charge in [0.05, 0.1) is 0 Å². The lowest BCUT2D eigenvalue weighted by atomic mass is 10.3. The molecule has 10 heteroatoms. The van der Waals surface area contributed by atoms with Gasteiger partial charge in [0.2, 0.25) is 0 Å². The lowest BCUT2D eigenvalue weighted by Crippen LogP contribution is -2.09. The molecule has 0 amide bonds. The van der Waals surface area contributed by atoms with Gasteiger partial charge in [-0.15, -0.1) is 0 Å². The predicted molar refractivity (Wildman–Crippen MR) is 77.5 cm³/mol. The average molecular weight is 433 g/mol. The van der Waals surface area contributed by atoms with Crippen LogP contribution in [-0.2, 0) is 6.18 Å². The topological polar surface area (TPSA) is 64.7 Å². The fourth-order valence-corrected chi connectivity index (χ4v) is 2.82. The van der Waals surface area contributed by atoms with Gasteiger partial charge in [0.15, 0.2) is 16.7 Å². The quantitative estimate of drug-likeness (QED) is 0.730. The van der Waals surface area contributed by atoms with Gasteiger partial charge in [-0.3, -0.25) is 4.98 Å². The first-order valence-electron chi connectivity index (χ1n) is 4.97. The standard InChI is InChI=1S/C10H5ClF3IN4S/c11-6-7(15)19-9(8(16)18-6)20-4-2-1-3-17-5(4)10(12,13)14/h1-3H,(H2,16,18). The smallest absolute Gasteiger partial charge is 0.381 e. The van der Waals surface area contributed by atoms with E-state index in [-0.39, 0.29) is 20.9 Å². The van der Waals surface area contributed by atoms with Crippen molar-refractivity contribution in [2.45, 2.75) is 16.1 Å². The van der Waals surface area contributed by atoms with Crippen molar-refractivity contribution in [3.8, 4) is 0 Å². The van der Waals surface area contributed by atoms with Crippen LogP contribution in [0, 0.1) is 3.70 Å². The SMILES string of the molecule is Nc1nc(Cl)c(I)nc1Sc1cccnc1C(F)(F)F. The van der Waals surface area contributed by atoms with Crippen LogP contribution >= 0.6 is 46.0 Å². The monoisotopic (exact) mass is 432 g/mol. The van der Waals surface area contributed by atoms with Crippen LogP contribution in [-0.4, -0.2) is 15.0 Å². The Morgan fingerprint density at radius 3 is 2.65 bits per heavy atom. The molecule has 0 spiro atoms. The highest BCUT2D eigenvalue weighted by Gasteiger charge is 2.35. The number of aromatic nitrogens is 3. The number of anilines is 1. The summed E-state index contributed by atoms with van der Waals surface area (Å²) >= 11 is 8.30. The minimum Gasteiger partial charge on any atom is -0.381 e. The molecule has 0 radical (unpaired) electrons. The summed E-state index contributed by atoms with van der Waals surface area (Å²) in [4.78, 5) is 11.1. The number of nitrogens with zero attached hydrogens (tertiary/aromatic N) is 3. The number of pyridine rings is 1. The van der Waals surface area contributed by atoms with Crippen LogP contribution in [0.3, 0.4) is 0 Å². The summed E-state index contributed by atoms with van der Waals surface area (Å²) in [5.41, 5.74) is 4.62. The molecule has 0 bridgehead atoms. The maximum absolute atomic E-state index is 12.8. The summed E-state index contributed by atoms with van der Waals surface area (Å²) < 4.78 is 38.8. The molecule has 0 aromatic carbocycles. The molecule has 0 unspecified atom stereocenters. The third kappa shape index (κ3) is 3.44. The van der Waals surface area contributed by atoms with Crippen LogP contribution in [0.15, 0.2) is 28.3 Å². The van der Waals surface area contributed by atoms with Crippen molar-refractivity contribution in [3.63, 3.8) is 0 Å². The molecular formula is C10H5ClF3IN4S. The maximum atomic E-state index is 12.8. The van der Waals surface area contributed by atoms with Crippen LogP contribution in [0.1, 0.15) is 5.69 Å². The second-order valence-corrected chi connectivity index (χ2v) is 5.86. The third-order valence-corrected chi connectivity index (χ3v) is 4.43. The molecule has 2 rings (SSSR count). The molecule has 0 aliphatic rings. The number of rotatable bonds is 2. The molecule has 106 valence electrons. The Bertz CT molecular complexity index is 653. The van der Waals surface area contributed by atoms with Crippen molar-refractivity contribution in [2.75, 3.05) is 5.73 Å². The first-order valence-corrected chi connectivity index (χ1v) is 7.25. The van der Waals surface area contributed by atoms with Crippen molar-refractivity contribution in [1.29, 1.82) is 0 Å². The Labute approximate surface area is 134 Å². The number of hydrogen-bond donors (Lipinski definition) is 1. The van der Waals surface area contributed by atoms with E-state index in [9.17, 15) is 13.2 Å². The highest BCUT2D eigenvalue weighted by atomic mass is 127. The van der Waals surface area contributed by atoms with Crippen molar-refractivity contribution >= 4 is 51.8 Å². The molecule has 2 N–H and O–H groups in total. The molecular weight excluding hydrogens is 428 g/mol. The Kier molecular flexibility index (Phi) is 4.59. The lowest BCUT2D eigenvalue weighted by molar-refractivity contribution is -0.143. The van der Waals surface area contributed by atoms with Crippen molar-refractivity contribution in [1.82, 2.24) is 15.0 Å². The highest BCUT2D eigenvalue weighted by molar-refractivity contribution is 14.1. The van der Waals surface area contributed by atoms with Crippen molar-refractivity contribution < 1.29 is 13.2 Å². The summed E-state index contributed by atoms with van der Waals surface area (Å²) in [6, 6.07) is 2.70. The number of halogens is 5. The predicted octanol–water partition coefficient (Wildman–Crippen LogP) is 3.88. The summed E-state index contributed by atoms with van der Waals surface area (Å²) in [6.07, 6.45) is -3.47. The first kappa shape index (κ1) is 15.6. The van der Waals surface area contributed by atoms with Gasteiger partial charge in [-0.1, -0.05) is 23.4 Å². The van der Waals surface area contributed by atoms with Gasteiger partial charge in [-0.2, -0.15) is 13.2 Å².